The molecule has 0 heterocycles. The maximum atomic E-state index is 13.7. The third kappa shape index (κ3) is 5.83. The van der Waals surface area contributed by atoms with Gasteiger partial charge in [0.2, 0.25) is 5.92 Å². The molecule has 0 atom stereocenters. The van der Waals surface area contributed by atoms with E-state index in [0.29, 0.717) is 6.07 Å². The minimum atomic E-state index is -4.81. The quantitative estimate of drug-likeness (QED) is 0.345. The highest BCUT2D eigenvalue weighted by Gasteiger charge is 2.38. The Morgan fingerprint density at radius 1 is 1.19 bits per heavy atom. The lowest BCUT2D eigenvalue weighted by Gasteiger charge is -2.29. The summed E-state index contributed by atoms with van der Waals surface area (Å²) >= 11 is 6.88. The zero-order chi connectivity index (χ0) is 23.7. The van der Waals surface area contributed by atoms with Gasteiger partial charge in [0.1, 0.15) is 11.6 Å². The number of anilines is 1. The summed E-state index contributed by atoms with van der Waals surface area (Å²) in [5, 5.41) is 1.76. The van der Waals surface area contributed by atoms with E-state index < -0.39 is 59.1 Å². The molecule has 0 bridgehead atoms. The molecule has 1 aliphatic carbocycles. The van der Waals surface area contributed by atoms with Gasteiger partial charge in [0.25, 0.3) is 5.91 Å². The first-order chi connectivity index (χ1) is 14.9. The summed E-state index contributed by atoms with van der Waals surface area (Å²) in [7, 11) is 0. The minimum Gasteiger partial charge on any atom is -0.490 e. The molecule has 1 amide bonds. The first-order valence-corrected chi connectivity index (χ1v) is 11.1. The van der Waals surface area contributed by atoms with Gasteiger partial charge in [-0.15, -0.1) is 11.8 Å². The number of hydrogen-bond acceptors (Lipinski definition) is 3. The highest BCUT2D eigenvalue weighted by Crippen LogP contribution is 2.41. The van der Waals surface area contributed by atoms with Gasteiger partial charge in [-0.2, -0.15) is 13.2 Å². The number of hydrogen-bond donors (Lipinski definition) is 1. The number of halogens is 7. The first-order valence-electron chi connectivity index (χ1n) is 9.50. The number of amides is 1. The Bertz CT molecular complexity index is 1000. The van der Waals surface area contributed by atoms with Crippen molar-refractivity contribution in [1.82, 2.24) is 0 Å². The van der Waals surface area contributed by atoms with Crippen molar-refractivity contribution in [2.24, 2.45) is 0 Å². The summed E-state index contributed by atoms with van der Waals surface area (Å²) in [6, 6.07) is 5.23. The van der Waals surface area contributed by atoms with Crippen LogP contribution >= 0.6 is 23.4 Å². The van der Waals surface area contributed by atoms with Crippen molar-refractivity contribution in [3.8, 4) is 5.75 Å². The third-order valence-corrected chi connectivity index (χ3v) is 6.05. The normalized spacial score (nSPS) is 16.6. The first kappa shape index (κ1) is 24.6. The van der Waals surface area contributed by atoms with Crippen LogP contribution < -0.4 is 10.1 Å². The number of nitrogens with one attached hydrogen (secondary N) is 1. The Morgan fingerprint density at radius 2 is 1.84 bits per heavy atom. The van der Waals surface area contributed by atoms with Gasteiger partial charge in [0.15, 0.2) is 0 Å². The molecule has 0 saturated heterocycles. The van der Waals surface area contributed by atoms with Crippen LogP contribution in [0.5, 0.6) is 5.75 Å². The van der Waals surface area contributed by atoms with E-state index in [4.69, 9.17) is 16.3 Å². The van der Waals surface area contributed by atoms with Gasteiger partial charge >= 0.3 is 6.18 Å². The van der Waals surface area contributed by atoms with Crippen molar-refractivity contribution in [2.75, 3.05) is 11.6 Å². The second kappa shape index (κ2) is 9.43. The largest absolute Gasteiger partial charge is 0.490 e. The second-order valence-electron chi connectivity index (χ2n) is 7.30. The van der Waals surface area contributed by atoms with Gasteiger partial charge in [0, 0.05) is 23.4 Å². The van der Waals surface area contributed by atoms with Crippen LogP contribution in [0.25, 0.3) is 0 Å². The van der Waals surface area contributed by atoms with E-state index in [1.54, 1.807) is 6.26 Å². The number of ether oxygens (including phenoxy) is 1. The van der Waals surface area contributed by atoms with Crippen LogP contribution in [0, 0.1) is 5.82 Å². The Morgan fingerprint density at radius 3 is 2.44 bits per heavy atom. The summed E-state index contributed by atoms with van der Waals surface area (Å²) in [5.74, 6) is -4.60. The number of benzene rings is 2. The number of alkyl halides is 5. The highest BCUT2D eigenvalue weighted by atomic mass is 35.5. The molecule has 0 aliphatic heterocycles. The van der Waals surface area contributed by atoms with E-state index in [2.05, 4.69) is 5.32 Å². The van der Waals surface area contributed by atoms with Crippen molar-refractivity contribution in [3.05, 3.63) is 52.3 Å². The van der Waals surface area contributed by atoms with Crippen molar-refractivity contribution in [3.63, 3.8) is 0 Å². The Hall–Kier alpha value is -2.07. The Labute approximate surface area is 189 Å². The molecular weight excluding hydrogens is 480 g/mol. The molecule has 2 aromatic carbocycles. The van der Waals surface area contributed by atoms with Gasteiger partial charge in [-0.1, -0.05) is 11.6 Å². The van der Waals surface area contributed by atoms with E-state index in [0.717, 1.165) is 23.9 Å². The molecule has 32 heavy (non-hydrogen) atoms. The van der Waals surface area contributed by atoms with E-state index in [9.17, 15) is 31.1 Å². The summed E-state index contributed by atoms with van der Waals surface area (Å²) in [6.45, 7) is 0. The monoisotopic (exact) mass is 497 g/mol. The van der Waals surface area contributed by atoms with Crippen LogP contribution in [0.3, 0.4) is 0 Å². The lowest BCUT2D eigenvalue weighted by molar-refractivity contribution is -0.137. The minimum absolute atomic E-state index is 0.0763. The Balaban J connectivity index is 1.92. The molecule has 1 N–H and O–H groups in total. The lowest BCUT2D eigenvalue weighted by Crippen LogP contribution is -2.31. The fourth-order valence-corrected chi connectivity index (χ4v) is 4.07. The SMILES string of the molecule is CSc1cc(NC(=O)c2cc(Cl)c(C(F)(F)F)cc2OC2CCC(F)(F)CC2)ccc1F. The maximum Gasteiger partial charge on any atom is 0.417 e. The number of thioether (sulfide) groups is 1. The van der Waals surface area contributed by atoms with E-state index in [1.807, 2.05) is 0 Å². The summed E-state index contributed by atoms with van der Waals surface area (Å²) in [5.41, 5.74) is -1.30. The third-order valence-electron chi connectivity index (χ3n) is 4.99. The predicted octanol–water partition coefficient (Wildman–Crippen LogP) is 7.43. The van der Waals surface area contributed by atoms with Crippen LogP contribution in [0.15, 0.2) is 35.2 Å². The van der Waals surface area contributed by atoms with Crippen molar-refractivity contribution < 1.29 is 35.9 Å². The fraction of sp³-hybridized carbons (Fsp3) is 0.381. The molecule has 1 fully saturated rings. The molecule has 0 spiro atoms. The molecule has 1 saturated carbocycles. The van der Waals surface area contributed by atoms with Crippen molar-refractivity contribution >= 4 is 35.0 Å². The molecule has 174 valence electrons. The van der Waals surface area contributed by atoms with Crippen LogP contribution in [0.1, 0.15) is 41.6 Å². The van der Waals surface area contributed by atoms with Crippen molar-refractivity contribution in [1.29, 1.82) is 0 Å². The predicted molar refractivity (Wildman–Crippen MR) is 110 cm³/mol. The van der Waals surface area contributed by atoms with E-state index in [-0.39, 0.29) is 29.0 Å². The van der Waals surface area contributed by atoms with Gasteiger partial charge in [0.05, 0.1) is 22.3 Å². The molecule has 3 rings (SSSR count). The van der Waals surface area contributed by atoms with Crippen LogP contribution in [-0.4, -0.2) is 24.2 Å². The molecule has 0 radical (unpaired) electrons. The van der Waals surface area contributed by atoms with E-state index in [1.165, 1.54) is 12.1 Å². The summed E-state index contributed by atoms with van der Waals surface area (Å²) < 4.78 is 86.1. The van der Waals surface area contributed by atoms with Crippen LogP contribution in [-0.2, 0) is 6.18 Å². The topological polar surface area (TPSA) is 38.3 Å². The maximum absolute atomic E-state index is 13.7. The second-order valence-corrected chi connectivity index (χ2v) is 8.56. The zero-order valence-corrected chi connectivity index (χ0v) is 18.2. The smallest absolute Gasteiger partial charge is 0.417 e. The highest BCUT2D eigenvalue weighted by molar-refractivity contribution is 7.98. The zero-order valence-electron chi connectivity index (χ0n) is 16.7. The average Bonchev–Trinajstić information content (AvgIpc) is 2.71. The molecular formula is C21H18ClF6NO2S. The molecule has 0 aromatic heterocycles. The molecule has 1 aliphatic rings. The molecule has 11 heteroatoms. The van der Waals surface area contributed by atoms with Crippen molar-refractivity contribution in [2.45, 2.75) is 48.8 Å². The number of carbonyl (C=O) groups excluding carboxylic acids is 1. The summed E-state index contributed by atoms with van der Waals surface area (Å²) in [6.07, 6.45) is -5.04. The van der Waals surface area contributed by atoms with Crippen LogP contribution in [0.2, 0.25) is 5.02 Å². The van der Waals surface area contributed by atoms with Gasteiger partial charge in [-0.3, -0.25) is 4.79 Å². The number of carbonyl (C=O) groups is 1. The fourth-order valence-electron chi connectivity index (χ4n) is 3.29. The number of rotatable bonds is 5. The van der Waals surface area contributed by atoms with Gasteiger partial charge in [-0.05, 0) is 49.4 Å². The molecule has 0 unspecified atom stereocenters. The molecule has 3 nitrogen and oxygen atoms in total. The average molecular weight is 498 g/mol. The molecule has 2 aromatic rings. The lowest BCUT2D eigenvalue weighted by atomic mass is 9.94. The standard InChI is InChI=1S/C21H18ClF6NO2S/c1-32-18-8-11(2-3-16(18)23)29-19(30)13-9-15(22)14(21(26,27)28)10-17(13)31-12-4-6-20(24,25)7-5-12/h2-3,8-10,12H,4-7H2,1H3,(H,29,30). The van der Waals surface area contributed by atoms with E-state index >= 15 is 0 Å². The summed E-state index contributed by atoms with van der Waals surface area (Å²) in [4.78, 5) is 13.1. The van der Waals surface area contributed by atoms with Gasteiger partial charge in [-0.25, -0.2) is 13.2 Å². The Kier molecular flexibility index (Phi) is 7.24. The van der Waals surface area contributed by atoms with Gasteiger partial charge < -0.3 is 10.1 Å². The van der Waals surface area contributed by atoms with Crippen LogP contribution in [0.4, 0.5) is 32.0 Å².